The highest BCUT2D eigenvalue weighted by Gasteiger charge is 2.43. The van der Waals surface area contributed by atoms with E-state index in [1.165, 1.54) is 5.56 Å². The smallest absolute Gasteiger partial charge is 0.246 e. The second kappa shape index (κ2) is 7.71. The molecule has 2 fully saturated rings. The number of rotatable bonds is 5. The zero-order valence-electron chi connectivity index (χ0n) is 17.0. The molecule has 2 aromatic carbocycles. The van der Waals surface area contributed by atoms with Crippen molar-refractivity contribution in [2.75, 3.05) is 49.6 Å². The molecule has 2 aliphatic heterocycles. The van der Waals surface area contributed by atoms with Gasteiger partial charge in [-0.15, -0.1) is 5.10 Å². The van der Waals surface area contributed by atoms with Crippen molar-refractivity contribution in [3.05, 3.63) is 60.4 Å². The lowest BCUT2D eigenvalue weighted by atomic mass is 10.1. The number of hydrogen-bond donors (Lipinski definition) is 2. The van der Waals surface area contributed by atoms with Crippen LogP contribution >= 0.6 is 0 Å². The Kier molecular flexibility index (Phi) is 4.90. The van der Waals surface area contributed by atoms with E-state index in [4.69, 9.17) is 4.74 Å². The minimum atomic E-state index is -0.769. The maximum absolute atomic E-state index is 10.5. The summed E-state index contributed by atoms with van der Waals surface area (Å²) >= 11 is 0. The van der Waals surface area contributed by atoms with E-state index in [9.17, 15) is 5.11 Å². The number of hydrogen-bond acceptors (Lipinski definition) is 7. The molecule has 2 saturated heterocycles. The van der Waals surface area contributed by atoms with E-state index >= 15 is 0 Å². The van der Waals surface area contributed by atoms with Crippen molar-refractivity contribution < 1.29 is 9.84 Å². The van der Waals surface area contributed by atoms with Crippen LogP contribution in [0.2, 0.25) is 0 Å². The second-order valence-electron chi connectivity index (χ2n) is 7.98. The summed E-state index contributed by atoms with van der Waals surface area (Å²) < 4.78 is 6.95. The first kappa shape index (κ1) is 19.0. The highest BCUT2D eigenvalue weighted by Crippen LogP contribution is 2.28. The number of nitrogens with one attached hydrogen (secondary N) is 1. The third-order valence-electron chi connectivity index (χ3n) is 5.73. The zero-order chi connectivity index (χ0) is 20.6. The Balaban J connectivity index is 1.28. The van der Waals surface area contributed by atoms with Crippen molar-refractivity contribution in [1.82, 2.24) is 19.7 Å². The van der Waals surface area contributed by atoms with E-state index in [1.54, 1.807) is 11.0 Å². The predicted octanol–water partition coefficient (Wildman–Crippen LogP) is 2.16. The third-order valence-corrected chi connectivity index (χ3v) is 5.73. The molecule has 5 rings (SSSR count). The van der Waals surface area contributed by atoms with Gasteiger partial charge in [0.05, 0.1) is 18.9 Å². The molecule has 0 amide bonds. The molecule has 3 aromatic rings. The Labute approximate surface area is 175 Å². The molecule has 156 valence electrons. The van der Waals surface area contributed by atoms with Gasteiger partial charge in [-0.3, -0.25) is 4.90 Å². The van der Waals surface area contributed by atoms with Crippen LogP contribution in [0.5, 0.6) is 0 Å². The molecule has 0 bridgehead atoms. The fourth-order valence-electron chi connectivity index (χ4n) is 4.02. The lowest BCUT2D eigenvalue weighted by Crippen LogP contribution is -2.66. The van der Waals surface area contributed by atoms with Crippen LogP contribution in [0.25, 0.3) is 5.69 Å². The Morgan fingerprint density at radius 3 is 2.47 bits per heavy atom. The molecule has 0 saturated carbocycles. The summed E-state index contributed by atoms with van der Waals surface area (Å²) in [6, 6.07) is 16.3. The highest BCUT2D eigenvalue weighted by atomic mass is 16.6. The maximum atomic E-state index is 10.5. The minimum absolute atomic E-state index is 0.411. The van der Waals surface area contributed by atoms with Gasteiger partial charge in [0.1, 0.15) is 6.33 Å². The van der Waals surface area contributed by atoms with Crippen molar-refractivity contribution >= 4 is 17.3 Å². The standard InChI is InChI=1S/C22H26N6O2/c1-17-11-18(24-21-23-16-28(25-21)19-5-3-2-4-6-19)13-20(12-17)26-7-9-27(10-8-26)22(29)14-30-15-22/h2-6,11-13,16,29H,7-10,14-15H2,1H3,(H,24,25). The van der Waals surface area contributed by atoms with E-state index in [0.717, 1.165) is 43.2 Å². The summed E-state index contributed by atoms with van der Waals surface area (Å²) in [5, 5.41) is 18.3. The summed E-state index contributed by atoms with van der Waals surface area (Å²) in [5.74, 6) is 0.562. The van der Waals surface area contributed by atoms with Gasteiger partial charge in [-0.2, -0.15) is 4.98 Å². The Morgan fingerprint density at radius 2 is 1.77 bits per heavy atom. The second-order valence-corrected chi connectivity index (χ2v) is 7.98. The molecular weight excluding hydrogens is 380 g/mol. The Morgan fingerprint density at radius 1 is 1.00 bits per heavy atom. The molecule has 3 heterocycles. The van der Waals surface area contributed by atoms with E-state index in [-0.39, 0.29) is 0 Å². The topological polar surface area (TPSA) is 78.7 Å². The fraction of sp³-hybridized carbons (Fsp3) is 0.364. The first-order valence-corrected chi connectivity index (χ1v) is 10.3. The molecule has 8 heteroatoms. The molecule has 0 aliphatic carbocycles. The van der Waals surface area contributed by atoms with Crippen LogP contribution in [0.15, 0.2) is 54.9 Å². The van der Waals surface area contributed by atoms with E-state index in [0.29, 0.717) is 19.2 Å². The molecule has 30 heavy (non-hydrogen) atoms. The number of aliphatic hydroxyl groups is 1. The molecule has 0 spiro atoms. The SMILES string of the molecule is Cc1cc(Nc2ncn(-c3ccccc3)n2)cc(N2CCN(C3(O)COC3)CC2)c1. The molecular formula is C22H26N6O2. The van der Waals surface area contributed by atoms with Gasteiger partial charge in [0.15, 0.2) is 5.72 Å². The largest absolute Gasteiger partial charge is 0.372 e. The van der Waals surface area contributed by atoms with Crippen molar-refractivity contribution in [1.29, 1.82) is 0 Å². The van der Waals surface area contributed by atoms with Crippen molar-refractivity contribution in [2.45, 2.75) is 12.6 Å². The average Bonchev–Trinajstić information content (AvgIpc) is 3.21. The van der Waals surface area contributed by atoms with Crippen LogP contribution in [-0.2, 0) is 4.74 Å². The summed E-state index contributed by atoms with van der Waals surface area (Å²) in [6.07, 6.45) is 1.71. The summed E-state index contributed by atoms with van der Waals surface area (Å²) in [7, 11) is 0. The Hall–Kier alpha value is -2.94. The Bertz CT molecular complexity index is 1010. The zero-order valence-corrected chi connectivity index (χ0v) is 17.0. The molecule has 1 aromatic heterocycles. The molecule has 0 unspecified atom stereocenters. The summed E-state index contributed by atoms with van der Waals surface area (Å²) in [6.45, 7) is 6.29. The molecule has 0 atom stereocenters. The highest BCUT2D eigenvalue weighted by molar-refractivity contribution is 5.64. The van der Waals surface area contributed by atoms with Gasteiger partial charge in [-0.25, -0.2) is 4.68 Å². The summed E-state index contributed by atoms with van der Waals surface area (Å²) in [5.41, 5.74) is 3.50. The van der Waals surface area contributed by atoms with Gasteiger partial charge >= 0.3 is 0 Å². The predicted molar refractivity (Wildman–Crippen MR) is 115 cm³/mol. The number of ether oxygens (including phenoxy) is 1. The van der Waals surface area contributed by atoms with Crippen LogP contribution < -0.4 is 10.2 Å². The van der Waals surface area contributed by atoms with E-state index in [2.05, 4.69) is 50.3 Å². The molecule has 2 N–H and O–H groups in total. The monoisotopic (exact) mass is 406 g/mol. The molecule has 0 radical (unpaired) electrons. The van der Waals surface area contributed by atoms with Gasteiger partial charge in [0, 0.05) is 37.6 Å². The minimum Gasteiger partial charge on any atom is -0.372 e. The van der Waals surface area contributed by atoms with Gasteiger partial charge in [0.25, 0.3) is 0 Å². The summed E-state index contributed by atoms with van der Waals surface area (Å²) in [4.78, 5) is 8.88. The van der Waals surface area contributed by atoms with Gasteiger partial charge < -0.3 is 20.1 Å². The van der Waals surface area contributed by atoms with Gasteiger partial charge in [-0.1, -0.05) is 18.2 Å². The maximum Gasteiger partial charge on any atom is 0.246 e. The lowest BCUT2D eigenvalue weighted by molar-refractivity contribution is -0.258. The average molecular weight is 406 g/mol. The first-order chi connectivity index (χ1) is 14.6. The lowest BCUT2D eigenvalue weighted by Gasteiger charge is -2.49. The number of anilines is 3. The fourth-order valence-corrected chi connectivity index (χ4v) is 4.02. The number of para-hydroxylation sites is 1. The third kappa shape index (κ3) is 3.77. The number of nitrogens with zero attached hydrogens (tertiary/aromatic N) is 5. The van der Waals surface area contributed by atoms with Crippen LogP contribution in [-0.4, -0.2) is 69.9 Å². The number of aryl methyl sites for hydroxylation is 1. The van der Waals surface area contributed by atoms with Crippen LogP contribution in [0.3, 0.4) is 0 Å². The van der Waals surface area contributed by atoms with Crippen molar-refractivity contribution in [3.63, 3.8) is 0 Å². The van der Waals surface area contributed by atoms with Crippen LogP contribution in [0.4, 0.5) is 17.3 Å². The van der Waals surface area contributed by atoms with Crippen molar-refractivity contribution in [2.24, 2.45) is 0 Å². The van der Waals surface area contributed by atoms with E-state index in [1.807, 2.05) is 30.3 Å². The number of benzene rings is 2. The number of piperazine rings is 1. The van der Waals surface area contributed by atoms with Crippen molar-refractivity contribution in [3.8, 4) is 5.69 Å². The molecule has 8 nitrogen and oxygen atoms in total. The number of aromatic nitrogens is 3. The van der Waals surface area contributed by atoms with Gasteiger partial charge in [-0.05, 0) is 42.8 Å². The van der Waals surface area contributed by atoms with Crippen LogP contribution in [0, 0.1) is 6.92 Å². The normalized spacial score (nSPS) is 18.8. The van der Waals surface area contributed by atoms with E-state index < -0.39 is 5.72 Å². The molecule has 2 aliphatic rings. The van der Waals surface area contributed by atoms with Gasteiger partial charge in [0.2, 0.25) is 5.95 Å². The van der Waals surface area contributed by atoms with Crippen LogP contribution in [0.1, 0.15) is 5.56 Å². The first-order valence-electron chi connectivity index (χ1n) is 10.3. The quantitative estimate of drug-likeness (QED) is 0.672.